The minimum Gasteiger partial charge on any atom is -0.491 e. The van der Waals surface area contributed by atoms with E-state index >= 15 is 0 Å². The van der Waals surface area contributed by atoms with Crippen LogP contribution in [0, 0.1) is 6.92 Å². The van der Waals surface area contributed by atoms with Crippen molar-refractivity contribution in [3.63, 3.8) is 0 Å². The first-order chi connectivity index (χ1) is 17.4. The predicted octanol–water partition coefficient (Wildman–Crippen LogP) is 4.34. The predicted molar refractivity (Wildman–Crippen MR) is 136 cm³/mol. The van der Waals surface area contributed by atoms with Crippen LogP contribution in [0.2, 0.25) is 0 Å². The van der Waals surface area contributed by atoms with Crippen molar-refractivity contribution in [3.8, 4) is 5.75 Å². The summed E-state index contributed by atoms with van der Waals surface area (Å²) in [6, 6.07) is 22.3. The zero-order valence-corrected chi connectivity index (χ0v) is 20.7. The van der Waals surface area contributed by atoms with Gasteiger partial charge in [-0.05, 0) is 65.8 Å². The quantitative estimate of drug-likeness (QED) is 0.457. The van der Waals surface area contributed by atoms with Crippen molar-refractivity contribution in [2.75, 3.05) is 13.2 Å². The maximum atomic E-state index is 10.5. The number of aliphatic hydroxyl groups excluding tert-OH is 3. The smallest absolute Gasteiger partial charge is 0.119 e. The standard InChI is InChI=1S/C30H34O6/c1-18-7-10-21(30-29(33)27(32)15-24(16-31)36-30)14-22(18)13-20-8-11-23(12-9-20)34-17-28-26-6-4-3-5-25(26)19(2)35-28/h3-12,14,19,24,27-33H,13,15-17H2,1-2H3/t19?,24-,27-,28?,29+,30-/m0/s1. The Balaban J connectivity index is 1.24. The van der Waals surface area contributed by atoms with Crippen LogP contribution < -0.4 is 4.74 Å². The Morgan fingerprint density at radius 3 is 2.44 bits per heavy atom. The van der Waals surface area contributed by atoms with Crippen molar-refractivity contribution >= 4 is 0 Å². The lowest BCUT2D eigenvalue weighted by Crippen LogP contribution is -2.44. The highest BCUT2D eigenvalue weighted by atomic mass is 16.5. The van der Waals surface area contributed by atoms with E-state index in [1.54, 1.807) is 0 Å². The molecule has 36 heavy (non-hydrogen) atoms. The van der Waals surface area contributed by atoms with Crippen molar-refractivity contribution in [1.29, 1.82) is 0 Å². The molecular weight excluding hydrogens is 456 g/mol. The van der Waals surface area contributed by atoms with Crippen LogP contribution in [-0.2, 0) is 15.9 Å². The van der Waals surface area contributed by atoms with Crippen LogP contribution in [0.4, 0.5) is 0 Å². The van der Waals surface area contributed by atoms with Gasteiger partial charge in [-0.15, -0.1) is 0 Å². The summed E-state index contributed by atoms with van der Waals surface area (Å²) in [6.45, 7) is 4.40. The summed E-state index contributed by atoms with van der Waals surface area (Å²) in [5.74, 6) is 0.799. The maximum Gasteiger partial charge on any atom is 0.119 e. The fourth-order valence-corrected chi connectivity index (χ4v) is 5.20. The number of aliphatic hydroxyl groups is 3. The van der Waals surface area contributed by atoms with E-state index in [0.717, 1.165) is 28.0 Å². The van der Waals surface area contributed by atoms with Gasteiger partial charge in [-0.2, -0.15) is 0 Å². The summed E-state index contributed by atoms with van der Waals surface area (Å²) in [7, 11) is 0. The van der Waals surface area contributed by atoms with Gasteiger partial charge >= 0.3 is 0 Å². The first kappa shape index (κ1) is 24.9. The molecule has 0 radical (unpaired) electrons. The average molecular weight is 491 g/mol. The van der Waals surface area contributed by atoms with Crippen LogP contribution in [0.1, 0.15) is 65.0 Å². The van der Waals surface area contributed by atoms with Gasteiger partial charge in [0, 0.05) is 6.42 Å². The molecule has 3 aromatic carbocycles. The molecule has 2 aliphatic rings. The molecule has 0 saturated carbocycles. The highest BCUT2D eigenvalue weighted by Gasteiger charge is 2.37. The summed E-state index contributed by atoms with van der Waals surface area (Å²) >= 11 is 0. The van der Waals surface area contributed by atoms with Gasteiger partial charge in [0.25, 0.3) is 0 Å². The molecular formula is C30H34O6. The van der Waals surface area contributed by atoms with Crippen LogP contribution in [0.25, 0.3) is 0 Å². The molecule has 0 aliphatic carbocycles. The van der Waals surface area contributed by atoms with Crippen LogP contribution in [0.15, 0.2) is 66.7 Å². The second kappa shape index (κ2) is 10.7. The first-order valence-corrected chi connectivity index (χ1v) is 12.6. The summed E-state index contributed by atoms with van der Waals surface area (Å²) in [6.07, 6.45) is -2.17. The molecule has 2 aliphatic heterocycles. The Bertz CT molecular complexity index is 1180. The third-order valence-electron chi connectivity index (χ3n) is 7.32. The van der Waals surface area contributed by atoms with Crippen molar-refractivity contribution < 1.29 is 29.5 Å². The Labute approximate surface area is 212 Å². The van der Waals surface area contributed by atoms with Gasteiger partial charge in [0.15, 0.2) is 0 Å². The van der Waals surface area contributed by atoms with Crippen molar-refractivity contribution in [2.45, 2.75) is 63.3 Å². The Hall–Kier alpha value is -2.74. The van der Waals surface area contributed by atoms with E-state index in [0.29, 0.717) is 13.0 Å². The Morgan fingerprint density at radius 1 is 0.944 bits per heavy atom. The molecule has 190 valence electrons. The minimum atomic E-state index is -1.03. The highest BCUT2D eigenvalue weighted by molar-refractivity contribution is 5.39. The van der Waals surface area contributed by atoms with Crippen molar-refractivity contribution in [2.24, 2.45) is 0 Å². The molecule has 2 unspecified atom stereocenters. The molecule has 1 saturated heterocycles. The topological polar surface area (TPSA) is 88.4 Å². The van der Waals surface area contributed by atoms with Gasteiger partial charge in [-0.25, -0.2) is 0 Å². The molecule has 6 nitrogen and oxygen atoms in total. The average Bonchev–Trinajstić information content (AvgIpc) is 3.22. The molecule has 0 aromatic heterocycles. The lowest BCUT2D eigenvalue weighted by atomic mass is 9.90. The molecule has 0 amide bonds. The number of hydrogen-bond donors (Lipinski definition) is 3. The zero-order valence-electron chi connectivity index (χ0n) is 20.7. The Morgan fingerprint density at radius 2 is 1.69 bits per heavy atom. The van der Waals surface area contributed by atoms with Gasteiger partial charge in [-0.3, -0.25) is 0 Å². The van der Waals surface area contributed by atoms with E-state index < -0.39 is 24.4 Å². The van der Waals surface area contributed by atoms with Crippen molar-refractivity contribution in [3.05, 3.63) is 100 Å². The maximum absolute atomic E-state index is 10.5. The van der Waals surface area contributed by atoms with Gasteiger partial charge in [0.05, 0.1) is 24.9 Å². The molecule has 6 atom stereocenters. The fraction of sp³-hybridized carbons (Fsp3) is 0.400. The third kappa shape index (κ3) is 5.19. The number of rotatable bonds is 7. The van der Waals surface area contributed by atoms with E-state index in [1.807, 2.05) is 42.5 Å². The molecule has 5 rings (SSSR count). The van der Waals surface area contributed by atoms with Crippen LogP contribution in [-0.4, -0.2) is 46.8 Å². The number of benzene rings is 3. The highest BCUT2D eigenvalue weighted by Crippen LogP contribution is 2.39. The molecule has 0 bridgehead atoms. The van der Waals surface area contributed by atoms with Gasteiger partial charge in [0.1, 0.15) is 30.7 Å². The molecule has 1 fully saturated rings. The molecule has 6 heteroatoms. The summed E-state index contributed by atoms with van der Waals surface area (Å²) in [5, 5.41) is 30.2. The number of aryl methyl sites for hydroxylation is 1. The summed E-state index contributed by atoms with van der Waals surface area (Å²) in [4.78, 5) is 0. The van der Waals surface area contributed by atoms with E-state index in [2.05, 4.69) is 38.1 Å². The lowest BCUT2D eigenvalue weighted by Gasteiger charge is -2.37. The zero-order chi connectivity index (χ0) is 25.2. The molecule has 3 aromatic rings. The van der Waals surface area contributed by atoms with Crippen LogP contribution >= 0.6 is 0 Å². The molecule has 0 spiro atoms. The number of ether oxygens (including phenoxy) is 3. The third-order valence-corrected chi connectivity index (χ3v) is 7.32. The van der Waals surface area contributed by atoms with E-state index in [9.17, 15) is 15.3 Å². The monoisotopic (exact) mass is 490 g/mol. The van der Waals surface area contributed by atoms with E-state index in [4.69, 9.17) is 14.2 Å². The van der Waals surface area contributed by atoms with Crippen LogP contribution in [0.5, 0.6) is 5.75 Å². The second-order valence-corrected chi connectivity index (χ2v) is 9.87. The second-order valence-electron chi connectivity index (χ2n) is 9.87. The van der Waals surface area contributed by atoms with E-state index in [-0.39, 0.29) is 25.2 Å². The Kier molecular flexibility index (Phi) is 7.42. The van der Waals surface area contributed by atoms with E-state index in [1.165, 1.54) is 11.1 Å². The number of fused-ring (bicyclic) bond motifs is 1. The van der Waals surface area contributed by atoms with Gasteiger partial charge < -0.3 is 29.5 Å². The molecule has 3 N–H and O–H groups in total. The fourth-order valence-electron chi connectivity index (χ4n) is 5.20. The molecule has 2 heterocycles. The normalized spacial score (nSPS) is 27.6. The van der Waals surface area contributed by atoms with Crippen molar-refractivity contribution in [1.82, 2.24) is 0 Å². The first-order valence-electron chi connectivity index (χ1n) is 12.6. The minimum absolute atomic E-state index is 0.0671. The van der Waals surface area contributed by atoms with Crippen LogP contribution in [0.3, 0.4) is 0 Å². The number of hydrogen-bond acceptors (Lipinski definition) is 6. The summed E-state index contributed by atoms with van der Waals surface area (Å²) in [5.41, 5.74) is 6.61. The summed E-state index contributed by atoms with van der Waals surface area (Å²) < 4.78 is 18.0. The SMILES string of the molecule is Cc1ccc([C@@H]2O[C@H](CO)C[C@H](O)[C@H]2O)cc1Cc1ccc(OCC2OC(C)c3ccccc32)cc1. The van der Waals surface area contributed by atoms with Gasteiger partial charge in [0.2, 0.25) is 0 Å². The lowest BCUT2D eigenvalue weighted by molar-refractivity contribution is -0.179. The largest absolute Gasteiger partial charge is 0.491 e. The van der Waals surface area contributed by atoms with Gasteiger partial charge in [-0.1, -0.05) is 54.6 Å².